The molecular weight excluding hydrogens is 1060 g/mol. The molecule has 3 fully saturated rings. The number of hydrogen-bond acceptors (Lipinski definition) is 13. The number of rotatable bonds is 37. The summed E-state index contributed by atoms with van der Waals surface area (Å²) < 4.78 is 6.12. The van der Waals surface area contributed by atoms with Gasteiger partial charge in [-0.1, -0.05) is 84.1 Å². The van der Waals surface area contributed by atoms with Crippen LogP contribution in [-0.4, -0.2) is 101 Å². The monoisotopic (exact) mass is 1160 g/mol. The molecule has 4 aliphatic rings. The highest BCUT2D eigenvalue weighted by Crippen LogP contribution is 2.67. The van der Waals surface area contributed by atoms with Crippen molar-refractivity contribution in [3.8, 4) is 5.75 Å². The molecule has 13 atom stereocenters. The molecule has 0 aromatic heterocycles. The number of unbranched alkanes of at least 4 members (excludes halogenated alkanes) is 2. The zero-order chi connectivity index (χ0) is 60.1. The first kappa shape index (κ1) is 68.2. The molecule has 10 N–H and O–H groups in total. The molecule has 4 amide bonds. The van der Waals surface area contributed by atoms with E-state index in [4.69, 9.17) is 21.9 Å². The van der Waals surface area contributed by atoms with E-state index in [-0.39, 0.29) is 79.6 Å². The number of Topliss-reactive ketones (excluding diaryl/α,β-unsaturated/α-hetero) is 4. The van der Waals surface area contributed by atoms with Crippen molar-refractivity contribution in [2.45, 2.75) is 226 Å². The predicted octanol–water partition coefficient (Wildman–Crippen LogP) is 9.77. The summed E-state index contributed by atoms with van der Waals surface area (Å²) in [6.07, 6.45) is 18.2. The molecule has 0 saturated heterocycles. The van der Waals surface area contributed by atoms with Crippen molar-refractivity contribution in [3.05, 3.63) is 41.5 Å². The van der Waals surface area contributed by atoms with Crippen molar-refractivity contribution < 1.29 is 48.2 Å². The van der Waals surface area contributed by atoms with Gasteiger partial charge in [-0.3, -0.25) is 33.6 Å². The summed E-state index contributed by atoms with van der Waals surface area (Å²) in [5.41, 5.74) is 19.4. The topological polar surface area (TPSA) is 280 Å². The van der Waals surface area contributed by atoms with E-state index in [1.807, 2.05) is 6.26 Å². The Morgan fingerprint density at radius 1 is 0.707 bits per heavy atom. The van der Waals surface area contributed by atoms with E-state index in [9.17, 15) is 43.5 Å². The smallest absolute Gasteiger partial charge is 0.408 e. The standard InChI is InChI=1S/C65H104N6O10S/c1-41(2)13-12-14-42(3)51-24-25-52-50-23-20-47-40-49(29-32-64(47,5)53(50)30-33-65(51,52)6)81-63(80)71-55(31-36-82-7)57(74)26-28-61(78)69-56(37-44-17-21-48(73)22-18-44)59(76)39-46(19-27-60(68)77)62(79)70-54(16-9-11-35-67)58(75)38-45(43(4)72)15-8-10-34-66/h17-18,20-22,41-42,45-46,49-56,73H,8-16,19,23-40,66-67H2,1-7H3,(H2,68,77)(H,69,78)(H,70,79)(H,71,80)/t42-,45-,46-,49+,50+,51-,52?,53+,54+,55+,56+,64+,65-/m1/s1. The zero-order valence-electron chi connectivity index (χ0n) is 50.9. The van der Waals surface area contributed by atoms with Crippen molar-refractivity contribution in [3.63, 3.8) is 0 Å². The van der Waals surface area contributed by atoms with Crippen LogP contribution in [0.3, 0.4) is 0 Å². The average Bonchev–Trinajstić information content (AvgIpc) is 3.85. The summed E-state index contributed by atoms with van der Waals surface area (Å²) >= 11 is 1.53. The van der Waals surface area contributed by atoms with Gasteiger partial charge in [0.1, 0.15) is 17.6 Å². The highest BCUT2D eigenvalue weighted by atomic mass is 32.2. The van der Waals surface area contributed by atoms with Crippen molar-refractivity contribution in [2.24, 2.45) is 75.4 Å². The summed E-state index contributed by atoms with van der Waals surface area (Å²) in [4.78, 5) is 108. The number of alkyl carbamates (subject to hydrolysis) is 1. The fraction of sp³-hybridized carbons (Fsp3) is 0.754. The number of ketones is 4. The normalized spacial score (nSPS) is 25.1. The van der Waals surface area contributed by atoms with Gasteiger partial charge in [-0.2, -0.15) is 11.8 Å². The van der Waals surface area contributed by atoms with Gasteiger partial charge in [0.05, 0.1) is 18.1 Å². The number of aromatic hydroxyl groups is 1. The lowest BCUT2D eigenvalue weighted by molar-refractivity contribution is -0.135. The molecule has 0 aliphatic heterocycles. The Morgan fingerprint density at radius 2 is 1.38 bits per heavy atom. The molecule has 460 valence electrons. The quantitative estimate of drug-likeness (QED) is 0.0242. The highest BCUT2D eigenvalue weighted by molar-refractivity contribution is 7.98. The van der Waals surface area contributed by atoms with Gasteiger partial charge >= 0.3 is 6.09 Å². The SMILES string of the molecule is CSCC[C@H](NC(=O)O[C@H]1CC[C@@]2(C)C(=CC[C@H]3C4CC[C@H]([C@H](C)CCCC(C)C)[C@@]4(C)CC[C@@H]32)C1)C(=O)CCC(=O)N[C@@H](Cc1ccc(O)cc1)C(=O)C[C@@H](CCC(N)=O)C(=O)N[C@@H](CCCCN)C(=O)C[C@@H](CCCCN)C(C)=O. The van der Waals surface area contributed by atoms with Crippen LogP contribution in [0.5, 0.6) is 5.75 Å². The highest BCUT2D eigenvalue weighted by Gasteiger charge is 2.59. The number of hydrogen-bond donors (Lipinski definition) is 7. The fourth-order valence-corrected chi connectivity index (χ4v) is 15.4. The molecule has 1 aromatic rings. The molecule has 0 radical (unpaired) electrons. The van der Waals surface area contributed by atoms with Crippen LogP contribution in [0.1, 0.15) is 201 Å². The van der Waals surface area contributed by atoms with Gasteiger partial charge in [0, 0.05) is 50.4 Å². The molecule has 1 aromatic carbocycles. The third-order valence-electron chi connectivity index (χ3n) is 19.8. The number of fused-ring (bicyclic) bond motifs is 5. The fourth-order valence-electron chi connectivity index (χ4n) is 14.9. The molecule has 1 unspecified atom stereocenters. The van der Waals surface area contributed by atoms with Gasteiger partial charge in [0.25, 0.3) is 0 Å². The lowest BCUT2D eigenvalue weighted by Crippen LogP contribution is -2.51. The molecule has 3 saturated carbocycles. The number of phenols is 1. The Balaban J connectivity index is 1.21. The second kappa shape index (κ2) is 33.2. The maximum atomic E-state index is 14.4. The predicted molar refractivity (Wildman–Crippen MR) is 324 cm³/mol. The van der Waals surface area contributed by atoms with E-state index in [1.165, 1.54) is 81.3 Å². The van der Waals surface area contributed by atoms with Crippen LogP contribution in [0.25, 0.3) is 0 Å². The second-order valence-electron chi connectivity index (χ2n) is 26.0. The Labute approximate surface area is 494 Å². The molecule has 0 spiro atoms. The molecule has 4 aliphatic carbocycles. The van der Waals surface area contributed by atoms with E-state index in [0.717, 1.165) is 42.9 Å². The molecular formula is C65H104N6O10S. The number of carbonyl (C=O) groups is 8. The first-order chi connectivity index (χ1) is 39.0. The van der Waals surface area contributed by atoms with Crippen molar-refractivity contribution in [1.29, 1.82) is 0 Å². The molecule has 17 heteroatoms. The van der Waals surface area contributed by atoms with Crippen molar-refractivity contribution in [2.75, 3.05) is 25.1 Å². The Hall–Kier alpha value is -4.61. The van der Waals surface area contributed by atoms with Crippen LogP contribution in [0.4, 0.5) is 4.79 Å². The number of amides is 4. The third-order valence-corrected chi connectivity index (χ3v) is 20.4. The lowest BCUT2D eigenvalue weighted by atomic mass is 9.47. The number of nitrogens with two attached hydrogens (primary N) is 3. The van der Waals surface area contributed by atoms with Gasteiger partial charge in [-0.25, -0.2) is 4.79 Å². The number of allylic oxidation sites excluding steroid dienone is 1. The van der Waals surface area contributed by atoms with Crippen LogP contribution >= 0.6 is 11.8 Å². The van der Waals surface area contributed by atoms with E-state index in [2.05, 4.69) is 56.6 Å². The number of phenolic OH excluding ortho intramolecular Hbond substituents is 1. The van der Waals surface area contributed by atoms with Gasteiger partial charge < -0.3 is 43.0 Å². The number of primary amides is 1. The number of ether oxygens (including phenoxy) is 1. The minimum atomic E-state index is -1.20. The second-order valence-corrected chi connectivity index (χ2v) is 27.0. The van der Waals surface area contributed by atoms with Crippen LogP contribution in [0.2, 0.25) is 0 Å². The van der Waals surface area contributed by atoms with E-state index >= 15 is 0 Å². The Bertz CT molecular complexity index is 2330. The van der Waals surface area contributed by atoms with Crippen LogP contribution in [0.15, 0.2) is 35.9 Å². The van der Waals surface area contributed by atoms with Crippen LogP contribution in [0, 0.1) is 58.2 Å². The minimum Gasteiger partial charge on any atom is -0.508 e. The van der Waals surface area contributed by atoms with E-state index in [0.29, 0.717) is 86.6 Å². The summed E-state index contributed by atoms with van der Waals surface area (Å²) in [6.45, 7) is 14.5. The summed E-state index contributed by atoms with van der Waals surface area (Å²) in [5.74, 6) is -0.0653. The number of nitrogens with one attached hydrogen (secondary N) is 3. The average molecular weight is 1160 g/mol. The molecule has 0 heterocycles. The van der Waals surface area contributed by atoms with E-state index < -0.39 is 66.0 Å². The van der Waals surface area contributed by atoms with Gasteiger partial charge in [0.15, 0.2) is 17.3 Å². The summed E-state index contributed by atoms with van der Waals surface area (Å²) in [7, 11) is 0. The molecule has 0 bridgehead atoms. The first-order valence-electron chi connectivity index (χ1n) is 31.3. The van der Waals surface area contributed by atoms with Crippen LogP contribution in [-0.2, 0) is 44.7 Å². The van der Waals surface area contributed by atoms with Gasteiger partial charge in [-0.15, -0.1) is 0 Å². The Kier molecular flexibility index (Phi) is 27.6. The van der Waals surface area contributed by atoms with Gasteiger partial charge in [-0.05, 0) is 192 Å². The van der Waals surface area contributed by atoms with Gasteiger partial charge in [0.2, 0.25) is 17.7 Å². The third kappa shape index (κ3) is 19.7. The number of carbonyl (C=O) groups excluding carboxylic acids is 8. The largest absolute Gasteiger partial charge is 0.508 e. The van der Waals surface area contributed by atoms with Crippen LogP contribution < -0.4 is 33.2 Å². The molecule has 16 nitrogen and oxygen atoms in total. The van der Waals surface area contributed by atoms with E-state index in [1.54, 1.807) is 12.1 Å². The molecule has 82 heavy (non-hydrogen) atoms. The lowest BCUT2D eigenvalue weighted by Gasteiger charge is -2.58. The number of thioether (sulfide) groups is 1. The zero-order valence-corrected chi connectivity index (χ0v) is 51.7. The first-order valence-corrected chi connectivity index (χ1v) is 32.7. The minimum absolute atomic E-state index is 0.00531. The maximum absolute atomic E-state index is 14.4. The number of benzene rings is 1. The Morgan fingerprint density at radius 3 is 2.04 bits per heavy atom. The summed E-state index contributed by atoms with van der Waals surface area (Å²) in [6, 6.07) is 3.01. The van der Waals surface area contributed by atoms with Crippen molar-refractivity contribution >= 4 is 58.7 Å². The summed E-state index contributed by atoms with van der Waals surface area (Å²) in [5, 5.41) is 18.5. The molecule has 5 rings (SSSR count). The maximum Gasteiger partial charge on any atom is 0.408 e. The van der Waals surface area contributed by atoms with Crippen molar-refractivity contribution in [1.82, 2.24) is 16.0 Å².